The fourth-order valence-electron chi connectivity index (χ4n) is 2.80. The number of likely N-dealkylation sites (tertiary alicyclic amines) is 1. The molecule has 1 fully saturated rings. The highest BCUT2D eigenvalue weighted by molar-refractivity contribution is 14.1. The number of hydrogen-bond acceptors (Lipinski definition) is 2. The molecule has 1 atom stereocenters. The van der Waals surface area contributed by atoms with Crippen LogP contribution in [0.5, 0.6) is 0 Å². The molecule has 0 aliphatic carbocycles. The number of amides is 2. The highest BCUT2D eigenvalue weighted by Gasteiger charge is 2.31. The molecule has 1 saturated heterocycles. The molecular weight excluding hydrogens is 403 g/mol. The lowest BCUT2D eigenvalue weighted by atomic mass is 9.99. The summed E-state index contributed by atoms with van der Waals surface area (Å²) < 4.78 is 0.980. The number of rotatable bonds is 4. The van der Waals surface area contributed by atoms with Crippen molar-refractivity contribution in [1.82, 2.24) is 4.90 Å². The average Bonchev–Trinajstić information content (AvgIpc) is 2.91. The molecule has 1 aliphatic heterocycles. The Balaban J connectivity index is 1.61. The monoisotopic (exact) mass is 420 g/mol. The summed E-state index contributed by atoms with van der Waals surface area (Å²) in [6.45, 7) is 0.704. The van der Waals surface area contributed by atoms with Crippen LogP contribution in [-0.4, -0.2) is 29.8 Å². The van der Waals surface area contributed by atoms with Crippen LogP contribution in [0, 0.1) is 3.57 Å². The SMILES string of the molecule is O=C(CN1C[C@H](c2ccccc2)CC1=O)Nc1ccccc1I. The van der Waals surface area contributed by atoms with Gasteiger partial charge in [0.15, 0.2) is 0 Å². The first kappa shape index (κ1) is 16.0. The predicted molar refractivity (Wildman–Crippen MR) is 98.2 cm³/mol. The van der Waals surface area contributed by atoms with Crippen molar-refractivity contribution in [3.63, 3.8) is 0 Å². The Morgan fingerprint density at radius 2 is 1.83 bits per heavy atom. The number of hydrogen-bond donors (Lipinski definition) is 1. The molecule has 1 N–H and O–H groups in total. The van der Waals surface area contributed by atoms with Crippen LogP contribution in [0.3, 0.4) is 0 Å². The molecule has 1 aliphatic rings. The summed E-state index contributed by atoms with van der Waals surface area (Å²) in [6.07, 6.45) is 0.472. The molecule has 0 spiro atoms. The van der Waals surface area contributed by atoms with Gasteiger partial charge in [0.25, 0.3) is 0 Å². The largest absolute Gasteiger partial charge is 0.333 e. The van der Waals surface area contributed by atoms with E-state index in [-0.39, 0.29) is 24.3 Å². The number of nitrogens with one attached hydrogen (secondary N) is 1. The van der Waals surface area contributed by atoms with E-state index in [1.807, 2.05) is 54.6 Å². The summed E-state index contributed by atoms with van der Waals surface area (Å²) in [5, 5.41) is 2.87. The topological polar surface area (TPSA) is 49.4 Å². The maximum absolute atomic E-state index is 12.2. The Morgan fingerprint density at radius 1 is 1.13 bits per heavy atom. The molecule has 0 radical (unpaired) electrons. The predicted octanol–water partition coefficient (Wildman–Crippen LogP) is 3.25. The molecule has 0 bridgehead atoms. The van der Waals surface area contributed by atoms with Gasteiger partial charge in [-0.15, -0.1) is 0 Å². The van der Waals surface area contributed by atoms with Crippen LogP contribution in [0.1, 0.15) is 17.9 Å². The van der Waals surface area contributed by atoms with Crippen molar-refractivity contribution < 1.29 is 9.59 Å². The number of para-hydroxylation sites is 1. The molecule has 23 heavy (non-hydrogen) atoms. The first-order valence-corrected chi connectivity index (χ1v) is 8.58. The number of halogens is 1. The Hall–Kier alpha value is -1.89. The Bertz CT molecular complexity index is 718. The van der Waals surface area contributed by atoms with Gasteiger partial charge >= 0.3 is 0 Å². The normalized spacial score (nSPS) is 17.3. The van der Waals surface area contributed by atoms with Gasteiger partial charge in [0.1, 0.15) is 0 Å². The Kier molecular flexibility index (Phi) is 4.95. The molecule has 2 aromatic carbocycles. The molecule has 2 amide bonds. The lowest BCUT2D eigenvalue weighted by Crippen LogP contribution is -2.34. The molecule has 0 unspecified atom stereocenters. The maximum Gasteiger partial charge on any atom is 0.244 e. The van der Waals surface area contributed by atoms with Crippen molar-refractivity contribution in [2.24, 2.45) is 0 Å². The van der Waals surface area contributed by atoms with E-state index in [2.05, 4.69) is 27.9 Å². The van der Waals surface area contributed by atoms with Crippen LogP contribution in [0.25, 0.3) is 0 Å². The molecule has 118 valence electrons. The zero-order valence-electron chi connectivity index (χ0n) is 12.5. The minimum Gasteiger partial charge on any atom is -0.333 e. The van der Waals surface area contributed by atoms with E-state index in [4.69, 9.17) is 0 Å². The van der Waals surface area contributed by atoms with E-state index in [1.54, 1.807) is 4.90 Å². The van der Waals surface area contributed by atoms with Crippen LogP contribution < -0.4 is 5.32 Å². The second kappa shape index (κ2) is 7.12. The summed E-state index contributed by atoms with van der Waals surface area (Å²) in [7, 11) is 0. The Labute approximate surface area is 149 Å². The van der Waals surface area contributed by atoms with Gasteiger partial charge < -0.3 is 10.2 Å². The molecule has 0 aromatic heterocycles. The lowest BCUT2D eigenvalue weighted by molar-refractivity contribution is -0.131. The summed E-state index contributed by atoms with van der Waals surface area (Å²) in [4.78, 5) is 26.0. The van der Waals surface area contributed by atoms with E-state index in [9.17, 15) is 9.59 Å². The minimum atomic E-state index is -0.156. The number of carbonyl (C=O) groups is 2. The van der Waals surface area contributed by atoms with E-state index in [0.717, 1.165) is 14.8 Å². The van der Waals surface area contributed by atoms with E-state index in [1.165, 1.54) is 0 Å². The van der Waals surface area contributed by atoms with Gasteiger partial charge in [-0.2, -0.15) is 0 Å². The van der Waals surface area contributed by atoms with Crippen LogP contribution in [0.2, 0.25) is 0 Å². The van der Waals surface area contributed by atoms with Crippen molar-refractivity contribution in [2.45, 2.75) is 12.3 Å². The first-order valence-electron chi connectivity index (χ1n) is 7.50. The molecule has 2 aromatic rings. The highest BCUT2D eigenvalue weighted by Crippen LogP contribution is 2.27. The maximum atomic E-state index is 12.2. The van der Waals surface area contributed by atoms with E-state index < -0.39 is 0 Å². The quantitative estimate of drug-likeness (QED) is 0.773. The number of anilines is 1. The number of benzene rings is 2. The standard InChI is InChI=1S/C18H17IN2O2/c19-15-8-4-5-9-16(15)20-17(22)12-21-11-14(10-18(21)23)13-6-2-1-3-7-13/h1-9,14H,10-12H2,(H,20,22)/t14-/m1/s1. The minimum absolute atomic E-state index is 0.0387. The van der Waals surface area contributed by atoms with Crippen LogP contribution in [-0.2, 0) is 9.59 Å². The third-order valence-electron chi connectivity index (χ3n) is 3.97. The van der Waals surface area contributed by atoms with Gasteiger partial charge in [0, 0.05) is 22.5 Å². The molecule has 4 nitrogen and oxygen atoms in total. The first-order chi connectivity index (χ1) is 11.1. The third kappa shape index (κ3) is 3.90. The summed E-state index contributed by atoms with van der Waals surface area (Å²) in [5.41, 5.74) is 1.94. The van der Waals surface area contributed by atoms with Gasteiger partial charge in [-0.3, -0.25) is 9.59 Å². The van der Waals surface area contributed by atoms with Gasteiger partial charge in [0.05, 0.1) is 12.2 Å². The molecule has 0 saturated carbocycles. The van der Waals surface area contributed by atoms with Gasteiger partial charge in [-0.25, -0.2) is 0 Å². The number of nitrogens with zero attached hydrogens (tertiary/aromatic N) is 1. The molecule has 3 rings (SSSR count). The van der Waals surface area contributed by atoms with Crippen LogP contribution >= 0.6 is 22.6 Å². The lowest BCUT2D eigenvalue weighted by Gasteiger charge is -2.17. The van der Waals surface area contributed by atoms with Crippen LogP contribution in [0.4, 0.5) is 5.69 Å². The number of carbonyl (C=O) groups excluding carboxylic acids is 2. The van der Waals surface area contributed by atoms with E-state index in [0.29, 0.717) is 13.0 Å². The fourth-order valence-corrected chi connectivity index (χ4v) is 3.32. The van der Waals surface area contributed by atoms with Gasteiger partial charge in [-0.05, 0) is 40.3 Å². The highest BCUT2D eigenvalue weighted by atomic mass is 127. The van der Waals surface area contributed by atoms with E-state index >= 15 is 0 Å². The average molecular weight is 420 g/mol. The van der Waals surface area contributed by atoms with Gasteiger partial charge in [-0.1, -0.05) is 42.5 Å². The molecule has 5 heteroatoms. The fraction of sp³-hybridized carbons (Fsp3) is 0.222. The second-order valence-electron chi connectivity index (χ2n) is 5.61. The zero-order valence-corrected chi connectivity index (χ0v) is 14.7. The zero-order chi connectivity index (χ0) is 16.2. The molecule has 1 heterocycles. The molecular formula is C18H17IN2O2. The van der Waals surface area contributed by atoms with Crippen molar-refractivity contribution in [3.05, 3.63) is 63.7 Å². The Morgan fingerprint density at radius 3 is 2.57 bits per heavy atom. The summed E-state index contributed by atoms with van der Waals surface area (Å²) >= 11 is 2.18. The van der Waals surface area contributed by atoms with Crippen molar-refractivity contribution >= 4 is 40.1 Å². The third-order valence-corrected chi connectivity index (χ3v) is 4.91. The van der Waals surface area contributed by atoms with Crippen LogP contribution in [0.15, 0.2) is 54.6 Å². The van der Waals surface area contributed by atoms with Crippen molar-refractivity contribution in [2.75, 3.05) is 18.4 Å². The van der Waals surface area contributed by atoms with Crippen molar-refractivity contribution in [3.8, 4) is 0 Å². The van der Waals surface area contributed by atoms with Crippen molar-refractivity contribution in [1.29, 1.82) is 0 Å². The van der Waals surface area contributed by atoms with Gasteiger partial charge in [0.2, 0.25) is 11.8 Å². The summed E-state index contributed by atoms with van der Waals surface area (Å²) in [6, 6.07) is 17.6. The smallest absolute Gasteiger partial charge is 0.244 e. The second-order valence-corrected chi connectivity index (χ2v) is 6.78. The summed E-state index contributed by atoms with van der Waals surface area (Å²) in [5.74, 6) is 0.0568.